The molecule has 0 spiro atoms. The molecule has 1 N–H and O–H groups in total. The molecule has 1 heterocycles. The van der Waals surface area contributed by atoms with E-state index >= 15 is 0 Å². The summed E-state index contributed by atoms with van der Waals surface area (Å²) in [5.74, 6) is 0.715. The highest BCUT2D eigenvalue weighted by atomic mass is 16.2. The number of nitrogens with zero attached hydrogens (tertiary/aromatic N) is 4. The van der Waals surface area contributed by atoms with Gasteiger partial charge in [0.25, 0.3) is 0 Å². The van der Waals surface area contributed by atoms with Gasteiger partial charge in [0.1, 0.15) is 12.6 Å². The summed E-state index contributed by atoms with van der Waals surface area (Å²) in [4.78, 5) is 17.0. The summed E-state index contributed by atoms with van der Waals surface area (Å²) in [7, 11) is 0. The van der Waals surface area contributed by atoms with Crippen molar-refractivity contribution in [1.82, 2.24) is 14.9 Å². The average Bonchev–Trinajstić information content (AvgIpc) is 3.41. The second-order valence-corrected chi connectivity index (χ2v) is 8.42. The van der Waals surface area contributed by atoms with Gasteiger partial charge in [-0.25, -0.2) is 4.98 Å². The van der Waals surface area contributed by atoms with Crippen molar-refractivity contribution < 1.29 is 4.79 Å². The third-order valence-electron chi connectivity index (χ3n) is 6.02. The Labute approximate surface area is 170 Å². The highest BCUT2D eigenvalue weighted by molar-refractivity contribution is 5.84. The fourth-order valence-corrected chi connectivity index (χ4v) is 4.40. The van der Waals surface area contributed by atoms with E-state index in [1.807, 2.05) is 26.8 Å². The monoisotopic (exact) mass is 385 g/mol. The topological polar surface area (TPSA) is 94.5 Å². The molecule has 146 valence electrons. The van der Waals surface area contributed by atoms with Crippen molar-refractivity contribution in [3.63, 3.8) is 0 Å². The number of imidazole rings is 1. The second-order valence-electron chi connectivity index (χ2n) is 8.42. The quantitative estimate of drug-likeness (QED) is 0.853. The molecule has 0 saturated heterocycles. The molecule has 2 aliphatic carbocycles. The van der Waals surface area contributed by atoms with Gasteiger partial charge in [0.05, 0.1) is 34.4 Å². The minimum absolute atomic E-state index is 0.0780. The Bertz CT molecular complexity index is 1140. The van der Waals surface area contributed by atoms with E-state index in [1.54, 1.807) is 23.0 Å². The zero-order valence-corrected chi connectivity index (χ0v) is 16.8. The normalized spacial score (nSPS) is 21.3. The molecule has 0 bridgehead atoms. The van der Waals surface area contributed by atoms with Crippen LogP contribution in [0.5, 0.6) is 0 Å². The van der Waals surface area contributed by atoms with Gasteiger partial charge in [-0.3, -0.25) is 4.79 Å². The van der Waals surface area contributed by atoms with Gasteiger partial charge in [0.2, 0.25) is 5.91 Å². The number of nitriles is 2. The van der Waals surface area contributed by atoms with Crippen molar-refractivity contribution >= 4 is 16.9 Å². The Morgan fingerprint density at radius 2 is 2.14 bits per heavy atom. The molecule has 0 aliphatic heterocycles. The van der Waals surface area contributed by atoms with Crippen molar-refractivity contribution in [3.8, 4) is 12.1 Å². The van der Waals surface area contributed by atoms with Crippen LogP contribution in [-0.2, 0) is 11.3 Å². The summed E-state index contributed by atoms with van der Waals surface area (Å²) in [6.45, 7) is 6.04. The van der Waals surface area contributed by atoms with E-state index in [1.165, 1.54) is 11.1 Å². The predicted molar refractivity (Wildman–Crippen MR) is 109 cm³/mol. The van der Waals surface area contributed by atoms with E-state index in [2.05, 4.69) is 34.6 Å². The Balaban J connectivity index is 1.48. The van der Waals surface area contributed by atoms with Gasteiger partial charge >= 0.3 is 0 Å². The van der Waals surface area contributed by atoms with Gasteiger partial charge < -0.3 is 9.88 Å². The molecule has 1 saturated carbocycles. The maximum atomic E-state index is 12.7. The van der Waals surface area contributed by atoms with Gasteiger partial charge in [0, 0.05) is 6.04 Å². The zero-order valence-electron chi connectivity index (χ0n) is 16.8. The van der Waals surface area contributed by atoms with Crippen LogP contribution >= 0.6 is 0 Å². The number of nitrogens with one attached hydrogen (secondary N) is 1. The third-order valence-corrected chi connectivity index (χ3v) is 6.02. The van der Waals surface area contributed by atoms with Crippen LogP contribution in [0.25, 0.3) is 11.0 Å². The van der Waals surface area contributed by atoms with Crippen molar-refractivity contribution in [2.24, 2.45) is 17.3 Å². The highest BCUT2D eigenvalue weighted by Gasteiger charge is 2.49. The molecule has 6 heteroatoms. The summed E-state index contributed by atoms with van der Waals surface area (Å²) in [5.41, 5.74) is 3.86. The van der Waals surface area contributed by atoms with Crippen LogP contribution in [0, 0.1) is 39.9 Å². The van der Waals surface area contributed by atoms with Crippen LogP contribution in [0.4, 0.5) is 0 Å². The molecule has 3 atom stereocenters. The molecule has 1 aromatic heterocycles. The first kappa shape index (κ1) is 19.0. The van der Waals surface area contributed by atoms with E-state index in [0.717, 1.165) is 6.42 Å². The lowest BCUT2D eigenvalue weighted by molar-refractivity contribution is -0.122. The maximum absolute atomic E-state index is 12.7. The highest BCUT2D eigenvalue weighted by Crippen LogP contribution is 2.56. The number of hydrogen-bond acceptors (Lipinski definition) is 4. The number of carbonyl (C=O) groups excluding carboxylic acids is 1. The van der Waals surface area contributed by atoms with Crippen molar-refractivity contribution in [3.05, 3.63) is 53.4 Å². The number of benzene rings is 1. The number of fused-ring (bicyclic) bond motifs is 2. The molecule has 6 nitrogen and oxygen atoms in total. The molecule has 2 aromatic rings. The summed E-state index contributed by atoms with van der Waals surface area (Å²) in [6.07, 6.45) is 6.79. The second kappa shape index (κ2) is 6.90. The smallest absolute Gasteiger partial charge is 0.240 e. The zero-order chi connectivity index (χ0) is 20.8. The van der Waals surface area contributed by atoms with Crippen LogP contribution in [0.2, 0.25) is 0 Å². The van der Waals surface area contributed by atoms with Crippen LogP contribution in [-0.4, -0.2) is 21.5 Å². The maximum Gasteiger partial charge on any atom is 0.240 e. The molecule has 2 aliphatic rings. The molecule has 1 amide bonds. The van der Waals surface area contributed by atoms with Crippen LogP contribution < -0.4 is 5.32 Å². The number of rotatable bonds is 5. The summed E-state index contributed by atoms with van der Waals surface area (Å²) < 4.78 is 1.72. The largest absolute Gasteiger partial charge is 0.348 e. The van der Waals surface area contributed by atoms with E-state index in [9.17, 15) is 15.3 Å². The summed E-state index contributed by atoms with van der Waals surface area (Å²) >= 11 is 0. The van der Waals surface area contributed by atoms with Crippen molar-refractivity contribution in [1.29, 1.82) is 10.5 Å². The summed E-state index contributed by atoms with van der Waals surface area (Å²) in [5, 5.41) is 21.8. The molecule has 4 rings (SSSR count). The van der Waals surface area contributed by atoms with Crippen LogP contribution in [0.1, 0.15) is 32.8 Å². The average molecular weight is 385 g/mol. The Morgan fingerprint density at radius 1 is 1.34 bits per heavy atom. The number of carbonyl (C=O) groups is 1. The number of hydrogen-bond donors (Lipinski definition) is 1. The lowest BCUT2D eigenvalue weighted by atomic mass is 9.79. The number of para-hydroxylation sites is 1. The molecule has 3 unspecified atom stereocenters. The van der Waals surface area contributed by atoms with Gasteiger partial charge in [-0.05, 0) is 62.3 Å². The standard InChI is InChI=1S/C23H23N5O/c1-14(16-7-8-19(18-9-17(16)18)23(2,3)12-25)27-21(29)11-28-13-26-20-6-4-5-15(10-24)22(20)28/h4-8,13-14,17-18H,9,11H2,1-3H3,(H,27,29). The number of amides is 1. The van der Waals surface area contributed by atoms with Crippen LogP contribution in [0.3, 0.4) is 0 Å². The lowest BCUT2D eigenvalue weighted by Crippen LogP contribution is -2.37. The first-order valence-electron chi connectivity index (χ1n) is 9.82. The van der Waals surface area contributed by atoms with E-state index in [4.69, 9.17) is 0 Å². The third kappa shape index (κ3) is 3.32. The fourth-order valence-electron chi connectivity index (χ4n) is 4.40. The molecular formula is C23H23N5O. The molecule has 29 heavy (non-hydrogen) atoms. The first-order valence-corrected chi connectivity index (χ1v) is 9.82. The summed E-state index contributed by atoms with van der Waals surface area (Å²) in [6, 6.07) is 9.83. The molecule has 0 radical (unpaired) electrons. The number of aromatic nitrogens is 2. The fraction of sp³-hybridized carbons (Fsp3) is 0.391. The van der Waals surface area contributed by atoms with E-state index in [0.29, 0.717) is 28.4 Å². The first-order chi connectivity index (χ1) is 13.9. The SMILES string of the molecule is CC(NC(=O)Cn1cnc2cccc(C#N)c21)C1=CC=C(C(C)(C)C#N)C2CC12. The van der Waals surface area contributed by atoms with E-state index in [-0.39, 0.29) is 18.5 Å². The van der Waals surface area contributed by atoms with Crippen LogP contribution in [0.15, 0.2) is 47.8 Å². The lowest BCUT2D eigenvalue weighted by Gasteiger charge is -2.25. The van der Waals surface area contributed by atoms with Gasteiger partial charge in [-0.2, -0.15) is 10.5 Å². The minimum Gasteiger partial charge on any atom is -0.348 e. The number of allylic oxidation sites excluding steroid dienone is 3. The molecular weight excluding hydrogens is 362 g/mol. The molecule has 1 fully saturated rings. The Hall–Kier alpha value is -3.38. The Kier molecular flexibility index (Phi) is 4.51. The minimum atomic E-state index is -0.450. The Morgan fingerprint density at radius 3 is 2.86 bits per heavy atom. The van der Waals surface area contributed by atoms with Gasteiger partial charge in [-0.15, -0.1) is 0 Å². The predicted octanol–water partition coefficient (Wildman–Crippen LogP) is 3.46. The molecule has 1 aromatic carbocycles. The van der Waals surface area contributed by atoms with Crippen molar-refractivity contribution in [2.75, 3.05) is 0 Å². The van der Waals surface area contributed by atoms with Crippen molar-refractivity contribution in [2.45, 2.75) is 39.8 Å². The van der Waals surface area contributed by atoms with Gasteiger partial charge in [0.15, 0.2) is 0 Å². The van der Waals surface area contributed by atoms with E-state index < -0.39 is 5.41 Å². The van der Waals surface area contributed by atoms with Gasteiger partial charge in [-0.1, -0.05) is 18.2 Å².